The number of carbonyl (C=O) groups is 1. The minimum atomic E-state index is -0.485. The van der Waals surface area contributed by atoms with Gasteiger partial charge in [-0.3, -0.25) is 4.79 Å². The van der Waals surface area contributed by atoms with Gasteiger partial charge in [-0.2, -0.15) is 0 Å². The molecule has 1 fully saturated rings. The second-order valence-corrected chi connectivity index (χ2v) is 7.14. The summed E-state index contributed by atoms with van der Waals surface area (Å²) in [5.74, 6) is 1.02. The Labute approximate surface area is 147 Å². The summed E-state index contributed by atoms with van der Waals surface area (Å²) in [6, 6.07) is 14.4. The van der Waals surface area contributed by atoms with Crippen LogP contribution in [0.15, 0.2) is 48.5 Å². The molecule has 130 valence electrons. The lowest BCUT2D eigenvalue weighted by Gasteiger charge is -2.41. The molecule has 0 spiro atoms. The van der Waals surface area contributed by atoms with Gasteiger partial charge in [-0.05, 0) is 48.6 Å². The van der Waals surface area contributed by atoms with E-state index in [0.29, 0.717) is 13.2 Å². The Morgan fingerprint density at radius 3 is 2.64 bits per heavy atom. The van der Waals surface area contributed by atoms with Gasteiger partial charge in [-0.25, -0.2) is 4.39 Å². The Balaban J connectivity index is 1.41. The number of carbonyl (C=O) groups excluding carboxylic acids is 1. The molecule has 25 heavy (non-hydrogen) atoms. The number of halogens is 1. The van der Waals surface area contributed by atoms with Crippen LogP contribution in [0, 0.1) is 11.7 Å². The van der Waals surface area contributed by atoms with E-state index in [4.69, 9.17) is 4.74 Å². The van der Waals surface area contributed by atoms with E-state index in [0.717, 1.165) is 37.0 Å². The van der Waals surface area contributed by atoms with Gasteiger partial charge in [0.15, 0.2) is 0 Å². The Bertz CT molecular complexity index is 768. The standard InChI is InChI=1S/C21H22FNO2/c22-18-8-6-17(7-9-18)21(10-3-11-21)20(24)23-13-15-12-16-4-1-2-5-19(16)25-14-15/h1-2,4-9,15H,3,10-14H2,(H,23,24). The molecule has 1 aliphatic carbocycles. The van der Waals surface area contributed by atoms with Gasteiger partial charge >= 0.3 is 0 Å². The minimum absolute atomic E-state index is 0.0595. The van der Waals surface area contributed by atoms with Gasteiger partial charge in [-0.1, -0.05) is 36.8 Å². The van der Waals surface area contributed by atoms with Crippen molar-refractivity contribution in [3.05, 3.63) is 65.5 Å². The second kappa shape index (κ2) is 6.51. The number of ether oxygens (including phenoxy) is 1. The van der Waals surface area contributed by atoms with Gasteiger partial charge in [0.2, 0.25) is 5.91 Å². The Morgan fingerprint density at radius 1 is 1.16 bits per heavy atom. The van der Waals surface area contributed by atoms with Crippen LogP contribution in [0.3, 0.4) is 0 Å². The molecule has 1 atom stereocenters. The van der Waals surface area contributed by atoms with E-state index in [1.807, 2.05) is 18.2 Å². The zero-order valence-electron chi connectivity index (χ0n) is 14.1. The fourth-order valence-corrected chi connectivity index (χ4v) is 3.87. The summed E-state index contributed by atoms with van der Waals surface area (Å²) >= 11 is 0. The van der Waals surface area contributed by atoms with E-state index in [1.54, 1.807) is 12.1 Å². The number of rotatable bonds is 4. The van der Waals surface area contributed by atoms with Gasteiger partial charge in [0.1, 0.15) is 11.6 Å². The van der Waals surface area contributed by atoms with Gasteiger partial charge < -0.3 is 10.1 Å². The summed E-state index contributed by atoms with van der Waals surface area (Å²) < 4.78 is 19.0. The maximum atomic E-state index is 13.2. The van der Waals surface area contributed by atoms with Crippen LogP contribution in [-0.2, 0) is 16.6 Å². The van der Waals surface area contributed by atoms with Crippen molar-refractivity contribution in [1.29, 1.82) is 0 Å². The predicted octanol–water partition coefficient (Wildman–Crippen LogP) is 3.61. The lowest BCUT2D eigenvalue weighted by Crippen LogP contribution is -2.50. The Kier molecular flexibility index (Phi) is 4.20. The molecular formula is C21H22FNO2. The SMILES string of the molecule is O=C(NCC1COc2ccccc2C1)C1(c2ccc(F)cc2)CCC1. The fourth-order valence-electron chi connectivity index (χ4n) is 3.87. The van der Waals surface area contributed by atoms with E-state index in [-0.39, 0.29) is 17.6 Å². The van der Waals surface area contributed by atoms with Gasteiger partial charge in [-0.15, -0.1) is 0 Å². The minimum Gasteiger partial charge on any atom is -0.493 e. The number of para-hydroxylation sites is 1. The quantitative estimate of drug-likeness (QED) is 0.924. The highest BCUT2D eigenvalue weighted by molar-refractivity contribution is 5.89. The van der Waals surface area contributed by atoms with E-state index >= 15 is 0 Å². The molecule has 2 aliphatic rings. The van der Waals surface area contributed by atoms with Crippen LogP contribution in [0.4, 0.5) is 4.39 Å². The summed E-state index contributed by atoms with van der Waals surface area (Å²) in [7, 11) is 0. The summed E-state index contributed by atoms with van der Waals surface area (Å²) in [4.78, 5) is 12.9. The molecule has 1 N–H and O–H groups in total. The lowest BCUT2D eigenvalue weighted by atomic mass is 9.63. The summed E-state index contributed by atoms with van der Waals surface area (Å²) in [5.41, 5.74) is 1.63. The van der Waals surface area contributed by atoms with E-state index in [9.17, 15) is 9.18 Å². The molecule has 4 heteroatoms. The van der Waals surface area contributed by atoms with Crippen molar-refractivity contribution in [2.24, 2.45) is 5.92 Å². The first-order valence-electron chi connectivity index (χ1n) is 8.92. The van der Waals surface area contributed by atoms with Crippen molar-refractivity contribution in [2.45, 2.75) is 31.1 Å². The average molecular weight is 339 g/mol. The third kappa shape index (κ3) is 3.01. The first-order valence-corrected chi connectivity index (χ1v) is 8.92. The Morgan fingerprint density at radius 2 is 1.92 bits per heavy atom. The van der Waals surface area contributed by atoms with Crippen LogP contribution in [0.25, 0.3) is 0 Å². The number of hydrogen-bond acceptors (Lipinski definition) is 2. The second-order valence-electron chi connectivity index (χ2n) is 7.14. The van der Waals surface area contributed by atoms with Crippen molar-refractivity contribution in [3.63, 3.8) is 0 Å². The van der Waals surface area contributed by atoms with Gasteiger partial charge in [0.25, 0.3) is 0 Å². The molecule has 1 saturated carbocycles. The van der Waals surface area contributed by atoms with Crippen molar-refractivity contribution in [1.82, 2.24) is 5.32 Å². The lowest BCUT2D eigenvalue weighted by molar-refractivity contribution is -0.130. The molecule has 2 aromatic carbocycles. The molecule has 1 heterocycles. The highest BCUT2D eigenvalue weighted by Gasteiger charge is 2.45. The fraction of sp³-hybridized carbons (Fsp3) is 0.381. The molecule has 3 nitrogen and oxygen atoms in total. The van der Waals surface area contributed by atoms with Crippen molar-refractivity contribution in [3.8, 4) is 5.75 Å². The zero-order valence-corrected chi connectivity index (χ0v) is 14.1. The summed E-state index contributed by atoms with van der Waals surface area (Å²) in [5, 5.41) is 3.13. The van der Waals surface area contributed by atoms with Gasteiger partial charge in [0.05, 0.1) is 12.0 Å². The molecule has 0 saturated heterocycles. The van der Waals surface area contributed by atoms with Crippen LogP contribution in [0.1, 0.15) is 30.4 Å². The zero-order chi connectivity index (χ0) is 17.3. The van der Waals surface area contributed by atoms with E-state index < -0.39 is 5.41 Å². The van der Waals surface area contributed by atoms with Crippen molar-refractivity contribution < 1.29 is 13.9 Å². The average Bonchev–Trinajstić information content (AvgIpc) is 2.60. The van der Waals surface area contributed by atoms with Crippen LogP contribution >= 0.6 is 0 Å². The highest BCUT2D eigenvalue weighted by Crippen LogP contribution is 2.44. The molecule has 0 radical (unpaired) electrons. The molecule has 0 bridgehead atoms. The van der Waals surface area contributed by atoms with Crippen molar-refractivity contribution in [2.75, 3.05) is 13.2 Å². The normalized spacial score (nSPS) is 20.8. The van der Waals surface area contributed by atoms with Crippen LogP contribution in [0.5, 0.6) is 5.75 Å². The smallest absolute Gasteiger partial charge is 0.230 e. The van der Waals surface area contributed by atoms with Crippen molar-refractivity contribution >= 4 is 5.91 Å². The van der Waals surface area contributed by atoms with Gasteiger partial charge in [0, 0.05) is 12.5 Å². The maximum Gasteiger partial charge on any atom is 0.230 e. The number of fused-ring (bicyclic) bond motifs is 1. The molecule has 1 amide bonds. The number of amides is 1. The van der Waals surface area contributed by atoms with Crippen LogP contribution in [-0.4, -0.2) is 19.1 Å². The highest BCUT2D eigenvalue weighted by atomic mass is 19.1. The first-order chi connectivity index (χ1) is 12.2. The van der Waals surface area contributed by atoms with Crippen LogP contribution in [0.2, 0.25) is 0 Å². The molecule has 4 rings (SSSR count). The molecule has 2 aromatic rings. The monoisotopic (exact) mass is 339 g/mol. The largest absolute Gasteiger partial charge is 0.493 e. The molecule has 1 aliphatic heterocycles. The third-order valence-electron chi connectivity index (χ3n) is 5.55. The number of nitrogens with one attached hydrogen (secondary N) is 1. The number of hydrogen-bond donors (Lipinski definition) is 1. The Hall–Kier alpha value is -2.36. The topological polar surface area (TPSA) is 38.3 Å². The van der Waals surface area contributed by atoms with Crippen LogP contribution < -0.4 is 10.1 Å². The maximum absolute atomic E-state index is 13.2. The molecule has 0 aromatic heterocycles. The number of benzene rings is 2. The summed E-state index contributed by atoms with van der Waals surface area (Å²) in [6.07, 6.45) is 3.60. The third-order valence-corrected chi connectivity index (χ3v) is 5.55. The van der Waals surface area contributed by atoms with E-state index in [2.05, 4.69) is 11.4 Å². The van der Waals surface area contributed by atoms with E-state index in [1.165, 1.54) is 17.7 Å². The predicted molar refractivity (Wildman–Crippen MR) is 94.1 cm³/mol. The molecule has 1 unspecified atom stereocenters. The first kappa shape index (κ1) is 16.1. The summed E-state index contributed by atoms with van der Waals surface area (Å²) in [6.45, 7) is 1.23. The molecular weight excluding hydrogens is 317 g/mol.